The van der Waals surface area contributed by atoms with Crippen LogP contribution < -0.4 is 10.9 Å². The first-order chi connectivity index (χ1) is 14.4. The molecule has 2 aliphatic heterocycles. The van der Waals surface area contributed by atoms with E-state index in [1.54, 1.807) is 41.3 Å². The van der Waals surface area contributed by atoms with E-state index in [9.17, 15) is 17.6 Å². The summed E-state index contributed by atoms with van der Waals surface area (Å²) in [6, 6.07) is 12.5. The van der Waals surface area contributed by atoms with Gasteiger partial charge in [0.15, 0.2) is 0 Å². The lowest BCUT2D eigenvalue weighted by atomic mass is 9.93. The Balaban J connectivity index is 1.43. The molecular formula is C20H22BrFN4O3S. The van der Waals surface area contributed by atoms with E-state index in [4.69, 9.17) is 0 Å². The second kappa shape index (κ2) is 8.72. The van der Waals surface area contributed by atoms with Crippen LogP contribution in [0, 0.1) is 11.7 Å². The van der Waals surface area contributed by atoms with Gasteiger partial charge in [0.25, 0.3) is 0 Å². The molecule has 1 amide bonds. The molecule has 2 aromatic carbocycles. The molecule has 2 aliphatic rings. The molecular weight excluding hydrogens is 475 g/mol. The normalized spacial score (nSPS) is 22.9. The summed E-state index contributed by atoms with van der Waals surface area (Å²) in [6.07, 6.45) is 0. The van der Waals surface area contributed by atoms with Gasteiger partial charge < -0.3 is 4.90 Å². The minimum atomic E-state index is -3.63. The molecule has 2 saturated heterocycles. The molecule has 2 fully saturated rings. The average Bonchev–Trinajstić information content (AvgIpc) is 3.24. The van der Waals surface area contributed by atoms with Crippen molar-refractivity contribution in [2.75, 3.05) is 32.7 Å². The quantitative estimate of drug-likeness (QED) is 0.675. The van der Waals surface area contributed by atoms with Gasteiger partial charge in [-0.05, 0) is 45.8 Å². The molecule has 0 bridgehead atoms. The molecule has 2 atom stereocenters. The first-order valence-electron chi connectivity index (χ1n) is 9.65. The highest BCUT2D eigenvalue weighted by molar-refractivity contribution is 9.10. The van der Waals surface area contributed by atoms with E-state index in [1.165, 1.54) is 16.4 Å². The van der Waals surface area contributed by atoms with Crippen molar-refractivity contribution in [2.24, 2.45) is 5.92 Å². The summed E-state index contributed by atoms with van der Waals surface area (Å²) in [5, 5.41) is 0. The standard InChI is InChI=1S/C20H22BrFN4O3S/c21-17-3-1-2-4-18(17)30(28,29)26-11-9-25(10-12-26)20(27)16-13-23-24-19(16)14-5-7-15(22)8-6-14/h1-8,16,19,23-24H,9-13H2. The predicted octanol–water partition coefficient (Wildman–Crippen LogP) is 1.89. The molecule has 0 aliphatic carbocycles. The summed E-state index contributed by atoms with van der Waals surface area (Å²) in [5.74, 6) is -0.711. The van der Waals surface area contributed by atoms with Gasteiger partial charge in [0.1, 0.15) is 5.82 Å². The Morgan fingerprint density at radius 2 is 1.70 bits per heavy atom. The summed E-state index contributed by atoms with van der Waals surface area (Å²) in [5.41, 5.74) is 6.93. The number of halogens is 2. The van der Waals surface area contributed by atoms with Crippen molar-refractivity contribution in [1.82, 2.24) is 20.1 Å². The van der Waals surface area contributed by atoms with Gasteiger partial charge in [-0.25, -0.2) is 18.2 Å². The van der Waals surface area contributed by atoms with Gasteiger partial charge in [-0.2, -0.15) is 4.31 Å². The molecule has 2 N–H and O–H groups in total. The molecule has 0 saturated carbocycles. The number of benzene rings is 2. The summed E-state index contributed by atoms with van der Waals surface area (Å²) in [7, 11) is -3.63. The topological polar surface area (TPSA) is 81.8 Å². The first-order valence-corrected chi connectivity index (χ1v) is 11.9. The fourth-order valence-corrected chi connectivity index (χ4v) is 6.27. The number of nitrogens with zero attached hydrogens (tertiary/aromatic N) is 2. The monoisotopic (exact) mass is 496 g/mol. The lowest BCUT2D eigenvalue weighted by molar-refractivity contribution is -0.136. The predicted molar refractivity (Wildman–Crippen MR) is 113 cm³/mol. The number of carbonyl (C=O) groups is 1. The van der Waals surface area contributed by atoms with E-state index in [2.05, 4.69) is 26.8 Å². The maximum absolute atomic E-state index is 13.2. The van der Waals surface area contributed by atoms with Gasteiger partial charge in [0.2, 0.25) is 15.9 Å². The second-order valence-electron chi connectivity index (χ2n) is 7.32. The molecule has 2 heterocycles. The molecule has 0 radical (unpaired) electrons. The zero-order chi connectivity index (χ0) is 21.3. The number of carbonyl (C=O) groups excluding carboxylic acids is 1. The largest absolute Gasteiger partial charge is 0.340 e. The Kier molecular flexibility index (Phi) is 6.21. The number of sulfonamides is 1. The lowest BCUT2D eigenvalue weighted by Gasteiger charge is -2.36. The molecule has 4 rings (SSSR count). The molecule has 0 aromatic heterocycles. The van der Waals surface area contributed by atoms with E-state index in [0.29, 0.717) is 24.1 Å². The van der Waals surface area contributed by atoms with Gasteiger partial charge in [-0.15, -0.1) is 0 Å². The van der Waals surface area contributed by atoms with E-state index in [0.717, 1.165) is 5.56 Å². The Labute approximate surface area is 183 Å². The SMILES string of the molecule is O=C(C1CNNC1c1ccc(F)cc1)N1CCN(S(=O)(=O)c2ccccc2Br)CC1. The van der Waals surface area contributed by atoms with E-state index in [-0.39, 0.29) is 41.7 Å². The number of hydrogen-bond acceptors (Lipinski definition) is 5. The van der Waals surface area contributed by atoms with Crippen LogP contribution in [-0.4, -0.2) is 56.3 Å². The van der Waals surface area contributed by atoms with E-state index < -0.39 is 10.0 Å². The smallest absolute Gasteiger partial charge is 0.244 e. The number of hydrogen-bond donors (Lipinski definition) is 2. The van der Waals surface area contributed by atoms with Crippen molar-refractivity contribution >= 4 is 31.9 Å². The highest BCUT2D eigenvalue weighted by atomic mass is 79.9. The fraction of sp³-hybridized carbons (Fsp3) is 0.350. The van der Waals surface area contributed by atoms with Crippen LogP contribution in [0.1, 0.15) is 11.6 Å². The van der Waals surface area contributed by atoms with Crippen molar-refractivity contribution in [3.63, 3.8) is 0 Å². The van der Waals surface area contributed by atoms with Crippen molar-refractivity contribution in [2.45, 2.75) is 10.9 Å². The van der Waals surface area contributed by atoms with Crippen LogP contribution >= 0.6 is 15.9 Å². The second-order valence-corrected chi connectivity index (χ2v) is 10.1. The molecule has 10 heteroatoms. The summed E-state index contributed by atoms with van der Waals surface area (Å²) < 4.78 is 41.1. The Morgan fingerprint density at radius 3 is 2.37 bits per heavy atom. The maximum Gasteiger partial charge on any atom is 0.244 e. The molecule has 2 aromatic rings. The lowest BCUT2D eigenvalue weighted by Crippen LogP contribution is -2.52. The highest BCUT2D eigenvalue weighted by Crippen LogP contribution is 2.29. The van der Waals surface area contributed by atoms with Crippen molar-refractivity contribution in [3.8, 4) is 0 Å². The third kappa shape index (κ3) is 4.15. The van der Waals surface area contributed by atoms with Gasteiger partial charge >= 0.3 is 0 Å². The van der Waals surface area contributed by atoms with Crippen molar-refractivity contribution < 1.29 is 17.6 Å². The minimum Gasteiger partial charge on any atom is -0.340 e. The summed E-state index contributed by atoms with van der Waals surface area (Å²) in [4.78, 5) is 15.1. The number of piperazine rings is 1. The first kappa shape index (κ1) is 21.4. The molecule has 30 heavy (non-hydrogen) atoms. The van der Waals surface area contributed by atoms with Gasteiger partial charge in [-0.1, -0.05) is 24.3 Å². The molecule has 160 valence electrons. The van der Waals surface area contributed by atoms with Crippen molar-refractivity contribution in [1.29, 1.82) is 0 Å². The number of nitrogens with one attached hydrogen (secondary N) is 2. The third-order valence-electron chi connectivity index (χ3n) is 5.53. The minimum absolute atomic E-state index is 0.0419. The zero-order valence-corrected chi connectivity index (χ0v) is 18.5. The van der Waals surface area contributed by atoms with E-state index >= 15 is 0 Å². The average molecular weight is 497 g/mol. The van der Waals surface area contributed by atoms with Gasteiger partial charge in [0.05, 0.1) is 16.9 Å². The number of amides is 1. The van der Waals surface area contributed by atoms with E-state index in [1.807, 2.05) is 0 Å². The third-order valence-corrected chi connectivity index (χ3v) is 8.44. The van der Waals surface area contributed by atoms with Crippen LogP contribution in [0.5, 0.6) is 0 Å². The Morgan fingerprint density at radius 1 is 1.03 bits per heavy atom. The number of rotatable bonds is 4. The molecule has 2 unspecified atom stereocenters. The Hall–Kier alpha value is -1.85. The van der Waals surface area contributed by atoms with Gasteiger partial charge in [-0.3, -0.25) is 10.2 Å². The molecule has 7 nitrogen and oxygen atoms in total. The van der Waals surface area contributed by atoms with Crippen LogP contribution in [0.15, 0.2) is 57.9 Å². The van der Waals surface area contributed by atoms with Crippen LogP contribution in [-0.2, 0) is 14.8 Å². The van der Waals surface area contributed by atoms with Crippen molar-refractivity contribution in [3.05, 3.63) is 64.4 Å². The highest BCUT2D eigenvalue weighted by Gasteiger charge is 2.38. The maximum atomic E-state index is 13.2. The Bertz CT molecular complexity index is 1030. The van der Waals surface area contributed by atoms with Crippen LogP contribution in [0.25, 0.3) is 0 Å². The summed E-state index contributed by atoms with van der Waals surface area (Å²) >= 11 is 3.30. The van der Waals surface area contributed by atoms with Crippen LogP contribution in [0.3, 0.4) is 0 Å². The van der Waals surface area contributed by atoms with Crippen LogP contribution in [0.4, 0.5) is 4.39 Å². The zero-order valence-electron chi connectivity index (χ0n) is 16.1. The van der Waals surface area contributed by atoms with Crippen LogP contribution in [0.2, 0.25) is 0 Å². The van der Waals surface area contributed by atoms with Gasteiger partial charge in [0, 0.05) is 37.2 Å². The summed E-state index contributed by atoms with van der Waals surface area (Å²) in [6.45, 7) is 1.59. The fourth-order valence-electron chi connectivity index (χ4n) is 3.89. The number of hydrazine groups is 1. The molecule has 0 spiro atoms.